The van der Waals surface area contributed by atoms with E-state index in [0.29, 0.717) is 49.3 Å². The summed E-state index contributed by atoms with van der Waals surface area (Å²) in [6.45, 7) is 3.14. The molecule has 4 rings (SSSR count). The van der Waals surface area contributed by atoms with Gasteiger partial charge in [-0.25, -0.2) is 4.98 Å². The van der Waals surface area contributed by atoms with Crippen molar-refractivity contribution in [2.24, 2.45) is 0 Å². The van der Waals surface area contributed by atoms with Gasteiger partial charge in [0.1, 0.15) is 0 Å². The Morgan fingerprint density at radius 2 is 1.79 bits per heavy atom. The van der Waals surface area contributed by atoms with Gasteiger partial charge in [0, 0.05) is 36.8 Å². The highest BCUT2D eigenvalue weighted by Crippen LogP contribution is 2.27. The maximum absolute atomic E-state index is 12.8. The highest BCUT2D eigenvalue weighted by atomic mass is 16.3. The Balaban J connectivity index is 1.36. The smallest absolute Gasteiger partial charge is 0.253 e. The lowest BCUT2D eigenvalue weighted by Crippen LogP contribution is -2.49. The number of rotatable bonds is 6. The van der Waals surface area contributed by atoms with Crippen LogP contribution in [-0.4, -0.2) is 44.2 Å². The number of aromatic nitrogens is 2. The molecule has 1 fully saturated rings. The maximum Gasteiger partial charge on any atom is 0.253 e. The van der Waals surface area contributed by atoms with Gasteiger partial charge in [-0.3, -0.25) is 14.2 Å². The Morgan fingerprint density at radius 1 is 1.12 bits per heavy atom. The van der Waals surface area contributed by atoms with E-state index in [9.17, 15) is 14.7 Å². The quantitative estimate of drug-likeness (QED) is 0.567. The zero-order valence-electron chi connectivity index (χ0n) is 18.9. The fourth-order valence-electron chi connectivity index (χ4n) is 4.36. The van der Waals surface area contributed by atoms with Gasteiger partial charge in [-0.2, -0.15) is 0 Å². The molecule has 172 valence electrons. The maximum atomic E-state index is 12.8. The lowest BCUT2D eigenvalue weighted by atomic mass is 9.90. The van der Waals surface area contributed by atoms with E-state index in [4.69, 9.17) is 5.73 Å². The van der Waals surface area contributed by atoms with E-state index in [2.05, 4.69) is 11.9 Å². The molecule has 0 radical (unpaired) electrons. The summed E-state index contributed by atoms with van der Waals surface area (Å²) in [5.74, 6) is 0.235. The van der Waals surface area contributed by atoms with Crippen LogP contribution in [0.4, 0.5) is 5.69 Å². The molecule has 7 nitrogen and oxygen atoms in total. The highest BCUT2D eigenvalue weighted by Gasteiger charge is 2.34. The van der Waals surface area contributed by atoms with Crippen molar-refractivity contribution in [1.29, 1.82) is 0 Å². The second-order valence-corrected chi connectivity index (χ2v) is 8.95. The topological polar surface area (TPSA) is 101 Å². The molecule has 1 aromatic heterocycles. The van der Waals surface area contributed by atoms with Gasteiger partial charge in [-0.15, -0.1) is 0 Å². The Kier molecular flexibility index (Phi) is 6.60. The zero-order chi connectivity index (χ0) is 23.4. The molecule has 3 N–H and O–H groups in total. The number of likely N-dealkylation sites (tertiary alicyclic amines) is 1. The number of aliphatic hydroxyl groups is 1. The Morgan fingerprint density at radius 3 is 2.45 bits per heavy atom. The van der Waals surface area contributed by atoms with Crippen molar-refractivity contribution in [2.75, 3.05) is 18.8 Å². The predicted molar refractivity (Wildman–Crippen MR) is 129 cm³/mol. The lowest BCUT2D eigenvalue weighted by Gasteiger charge is -2.38. The molecule has 1 amide bonds. The molecule has 0 saturated carbocycles. The van der Waals surface area contributed by atoms with Crippen molar-refractivity contribution in [2.45, 2.75) is 44.2 Å². The average Bonchev–Trinajstić information content (AvgIpc) is 2.81. The molecule has 1 atom stereocenters. The number of nitrogens with zero attached hydrogens (tertiary/aromatic N) is 3. The van der Waals surface area contributed by atoms with E-state index in [1.54, 1.807) is 6.07 Å². The number of benzene rings is 2. The molecule has 0 unspecified atom stereocenters. The Bertz CT molecular complexity index is 1170. The van der Waals surface area contributed by atoms with Crippen molar-refractivity contribution < 1.29 is 9.90 Å². The number of carbonyl (C=O) groups excluding carboxylic acids is 1. The lowest BCUT2D eigenvalue weighted by molar-refractivity contribution is -0.136. The van der Waals surface area contributed by atoms with Crippen LogP contribution in [0.2, 0.25) is 0 Å². The van der Waals surface area contributed by atoms with Gasteiger partial charge in [0.25, 0.3) is 5.56 Å². The number of hydrogen-bond donors (Lipinski definition) is 2. The summed E-state index contributed by atoms with van der Waals surface area (Å²) in [6, 6.07) is 18.7. The van der Waals surface area contributed by atoms with Crippen LogP contribution in [-0.2, 0) is 11.3 Å². The fraction of sp³-hybridized carbons (Fsp3) is 0.346. The van der Waals surface area contributed by atoms with Crippen molar-refractivity contribution in [1.82, 2.24) is 14.5 Å². The molecule has 0 aliphatic carbocycles. The van der Waals surface area contributed by atoms with Crippen LogP contribution in [0.3, 0.4) is 0 Å². The second-order valence-electron chi connectivity index (χ2n) is 8.95. The van der Waals surface area contributed by atoms with E-state index in [1.165, 1.54) is 17.0 Å². The molecule has 2 heterocycles. The number of para-hydroxylation sites is 1. The van der Waals surface area contributed by atoms with Gasteiger partial charge in [0.15, 0.2) is 0 Å². The van der Waals surface area contributed by atoms with E-state index in [0.717, 1.165) is 5.56 Å². The minimum absolute atomic E-state index is 0.0945. The predicted octanol–water partition coefficient (Wildman–Crippen LogP) is 3.04. The second kappa shape index (κ2) is 9.58. The summed E-state index contributed by atoms with van der Waals surface area (Å²) in [6.07, 6.45) is 2.73. The van der Waals surface area contributed by atoms with E-state index >= 15 is 0 Å². The Hall–Kier alpha value is -3.45. The van der Waals surface area contributed by atoms with Crippen molar-refractivity contribution in [3.63, 3.8) is 0 Å². The molecular formula is C26H30N4O3. The van der Waals surface area contributed by atoms with Crippen LogP contribution in [0.25, 0.3) is 11.3 Å². The minimum Gasteiger partial charge on any atom is -0.398 e. The molecule has 2 aromatic carbocycles. The number of carbonyl (C=O) groups is 1. The molecule has 3 aromatic rings. The summed E-state index contributed by atoms with van der Waals surface area (Å²) in [4.78, 5) is 31.6. The first-order chi connectivity index (χ1) is 15.8. The third kappa shape index (κ3) is 5.31. The minimum atomic E-state index is -1.05. The van der Waals surface area contributed by atoms with Gasteiger partial charge in [-0.05, 0) is 30.4 Å². The molecule has 0 spiro atoms. The van der Waals surface area contributed by atoms with Crippen LogP contribution in [0.15, 0.2) is 71.8 Å². The summed E-state index contributed by atoms with van der Waals surface area (Å²) in [7, 11) is 0. The summed E-state index contributed by atoms with van der Waals surface area (Å²) in [5, 5.41) is 11.1. The number of piperidine rings is 1. The highest BCUT2D eigenvalue weighted by molar-refractivity contribution is 5.77. The number of anilines is 1. The summed E-state index contributed by atoms with van der Waals surface area (Å²) in [5.41, 5.74) is 7.61. The third-order valence-corrected chi connectivity index (χ3v) is 6.48. The normalized spacial score (nSPS) is 16.4. The van der Waals surface area contributed by atoms with Crippen LogP contribution in [0.5, 0.6) is 0 Å². The number of nitrogen functional groups attached to an aromatic ring is 1. The summed E-state index contributed by atoms with van der Waals surface area (Å²) < 4.78 is 1.43. The first kappa shape index (κ1) is 22.7. The molecule has 1 aliphatic rings. The number of nitrogens with two attached hydrogens (primary N) is 1. The number of hydrogen-bond acceptors (Lipinski definition) is 5. The molecule has 0 bridgehead atoms. The molecule has 33 heavy (non-hydrogen) atoms. The SMILES string of the molecule is C[C@H](CC(=O)N1CCC(O)(Cn2cnc(-c3ccccc3N)cc2=O)CC1)c1ccccc1. The van der Waals surface area contributed by atoms with E-state index in [1.807, 2.05) is 53.4 Å². The van der Waals surface area contributed by atoms with E-state index in [-0.39, 0.29) is 23.9 Å². The largest absolute Gasteiger partial charge is 0.398 e. The Labute approximate surface area is 193 Å². The first-order valence-corrected chi connectivity index (χ1v) is 11.3. The van der Waals surface area contributed by atoms with Gasteiger partial charge < -0.3 is 15.7 Å². The standard InChI is InChI=1S/C26H30N4O3/c1-19(20-7-3-2-4-8-20)15-24(31)29-13-11-26(33,12-14-29)17-30-18-28-23(16-25(30)32)21-9-5-6-10-22(21)27/h2-10,16,18-19,33H,11-15,17,27H2,1H3/t19-/m1/s1. The van der Waals surface area contributed by atoms with Gasteiger partial charge in [0.05, 0.1) is 24.2 Å². The van der Waals surface area contributed by atoms with Crippen LogP contribution < -0.4 is 11.3 Å². The zero-order valence-corrected chi connectivity index (χ0v) is 18.9. The van der Waals surface area contributed by atoms with Crippen LogP contribution >= 0.6 is 0 Å². The number of amides is 1. The molecule has 1 saturated heterocycles. The third-order valence-electron chi connectivity index (χ3n) is 6.48. The molecular weight excluding hydrogens is 416 g/mol. The van der Waals surface area contributed by atoms with Crippen LogP contribution in [0.1, 0.15) is 37.7 Å². The van der Waals surface area contributed by atoms with Crippen LogP contribution in [0, 0.1) is 0 Å². The monoisotopic (exact) mass is 446 g/mol. The van der Waals surface area contributed by atoms with Crippen molar-refractivity contribution in [3.8, 4) is 11.3 Å². The van der Waals surface area contributed by atoms with Gasteiger partial charge in [0.2, 0.25) is 5.91 Å². The molecule has 7 heteroatoms. The summed E-state index contributed by atoms with van der Waals surface area (Å²) >= 11 is 0. The van der Waals surface area contributed by atoms with Gasteiger partial charge in [-0.1, -0.05) is 55.5 Å². The fourth-order valence-corrected chi connectivity index (χ4v) is 4.36. The van der Waals surface area contributed by atoms with E-state index < -0.39 is 5.60 Å². The van der Waals surface area contributed by atoms with Gasteiger partial charge >= 0.3 is 0 Å². The first-order valence-electron chi connectivity index (χ1n) is 11.3. The van der Waals surface area contributed by atoms with Crippen molar-refractivity contribution in [3.05, 3.63) is 82.9 Å². The van der Waals surface area contributed by atoms with Crippen molar-refractivity contribution >= 4 is 11.6 Å². The molecule has 1 aliphatic heterocycles. The average molecular weight is 447 g/mol.